The highest BCUT2D eigenvalue weighted by Gasteiger charge is 2.14. The average Bonchev–Trinajstić information content (AvgIpc) is 3.03. The fourth-order valence-electron chi connectivity index (χ4n) is 4.27. The highest BCUT2D eigenvalue weighted by Crippen LogP contribution is 2.31. The summed E-state index contributed by atoms with van der Waals surface area (Å²) in [6, 6.07) is 6.54. The minimum Gasteiger partial charge on any atom is -0.256 e. The predicted octanol–water partition coefficient (Wildman–Crippen LogP) is 6.07. The normalized spacial score (nSPS) is 19.1. The number of hydrogen-bond donors (Lipinski definition) is 0. The van der Waals surface area contributed by atoms with Gasteiger partial charge in [-0.15, -0.1) is 0 Å². The van der Waals surface area contributed by atoms with Crippen LogP contribution in [0.3, 0.4) is 0 Å². The van der Waals surface area contributed by atoms with Crippen LogP contribution in [0.5, 0.6) is 0 Å². The fraction of sp³-hybridized carbons (Fsp3) is 0.292. The summed E-state index contributed by atoms with van der Waals surface area (Å²) >= 11 is 0. The molecule has 3 heterocycles. The summed E-state index contributed by atoms with van der Waals surface area (Å²) in [7, 11) is 0. The van der Waals surface area contributed by atoms with Crippen molar-refractivity contribution in [3.63, 3.8) is 0 Å². The van der Waals surface area contributed by atoms with E-state index in [2.05, 4.69) is 23.1 Å². The van der Waals surface area contributed by atoms with Crippen molar-refractivity contribution in [2.45, 2.75) is 39.0 Å². The van der Waals surface area contributed by atoms with Gasteiger partial charge >= 0.3 is 0 Å². The number of pyridine rings is 1. The Morgan fingerprint density at radius 3 is 2.93 bits per heavy atom. The van der Waals surface area contributed by atoms with E-state index in [1.54, 1.807) is 18.5 Å². The number of hydrogen-bond acceptors (Lipinski definition) is 3. The zero-order valence-electron chi connectivity index (χ0n) is 16.5. The molecule has 1 aliphatic carbocycles. The van der Waals surface area contributed by atoms with Crippen LogP contribution in [0.2, 0.25) is 0 Å². The van der Waals surface area contributed by atoms with Crippen molar-refractivity contribution < 1.29 is 4.39 Å². The van der Waals surface area contributed by atoms with E-state index in [4.69, 9.17) is 4.98 Å². The molecule has 1 atom stereocenters. The number of rotatable bonds is 2. The molecular formula is C24H23FN4. The largest absolute Gasteiger partial charge is 0.256 e. The summed E-state index contributed by atoms with van der Waals surface area (Å²) in [4.78, 5) is 9.04. The Kier molecular flexibility index (Phi) is 4.58. The summed E-state index contributed by atoms with van der Waals surface area (Å²) in [5.74, 6) is 0.540. The molecule has 0 spiro atoms. The van der Waals surface area contributed by atoms with E-state index in [1.807, 2.05) is 23.0 Å². The third-order valence-electron chi connectivity index (χ3n) is 5.89. The van der Waals surface area contributed by atoms with Crippen LogP contribution < -0.4 is 0 Å². The molecule has 1 fully saturated rings. The maximum Gasteiger partial charge on any atom is 0.162 e. The summed E-state index contributed by atoms with van der Waals surface area (Å²) in [6.45, 7) is 2.34. The zero-order valence-corrected chi connectivity index (χ0v) is 16.5. The standard InChI is InChI=1S/C24H23FN4/c1-16-3-2-4-17(6-5-16)11-18-13-27-24-22(14-28-29(24)15-18)20-9-10-26-23-8-7-19(25)12-21(20)23/h7-16H,2-6H2,1H3. The molecule has 146 valence electrons. The number of nitrogens with zero attached hydrogens (tertiary/aromatic N) is 4. The third kappa shape index (κ3) is 3.53. The minimum atomic E-state index is -0.275. The molecule has 5 heteroatoms. The number of benzene rings is 1. The van der Waals surface area contributed by atoms with Gasteiger partial charge in [0.05, 0.1) is 11.7 Å². The smallest absolute Gasteiger partial charge is 0.162 e. The first-order chi connectivity index (χ1) is 14.2. The molecule has 0 saturated heterocycles. The highest BCUT2D eigenvalue weighted by molar-refractivity contribution is 5.97. The van der Waals surface area contributed by atoms with Crippen molar-refractivity contribution >= 4 is 22.6 Å². The molecule has 4 aromatic rings. The van der Waals surface area contributed by atoms with Crippen molar-refractivity contribution in [2.75, 3.05) is 0 Å². The molecule has 0 bridgehead atoms. The van der Waals surface area contributed by atoms with Gasteiger partial charge < -0.3 is 0 Å². The molecule has 0 radical (unpaired) electrons. The Balaban J connectivity index is 1.55. The monoisotopic (exact) mass is 386 g/mol. The Morgan fingerprint density at radius 2 is 2.00 bits per heavy atom. The van der Waals surface area contributed by atoms with Gasteiger partial charge in [-0.05, 0) is 61.4 Å². The van der Waals surface area contributed by atoms with Gasteiger partial charge in [-0.1, -0.05) is 25.0 Å². The highest BCUT2D eigenvalue weighted by atomic mass is 19.1. The van der Waals surface area contributed by atoms with Crippen LogP contribution in [0.15, 0.2) is 54.6 Å². The molecular weight excluding hydrogens is 363 g/mol. The molecule has 1 aliphatic rings. The van der Waals surface area contributed by atoms with Gasteiger partial charge in [0, 0.05) is 35.1 Å². The maximum atomic E-state index is 13.8. The van der Waals surface area contributed by atoms with Crippen molar-refractivity contribution in [3.8, 4) is 11.1 Å². The van der Waals surface area contributed by atoms with Crippen LogP contribution >= 0.6 is 0 Å². The first kappa shape index (κ1) is 18.0. The van der Waals surface area contributed by atoms with Crippen LogP contribution in [0, 0.1) is 11.7 Å². The lowest BCUT2D eigenvalue weighted by Gasteiger charge is -2.06. The van der Waals surface area contributed by atoms with E-state index in [1.165, 1.54) is 43.4 Å². The van der Waals surface area contributed by atoms with Crippen LogP contribution in [0.25, 0.3) is 33.8 Å². The fourth-order valence-corrected chi connectivity index (χ4v) is 4.27. The van der Waals surface area contributed by atoms with Gasteiger partial charge in [0.1, 0.15) is 5.82 Å². The number of aromatic nitrogens is 4. The molecule has 5 rings (SSSR count). The second kappa shape index (κ2) is 7.39. The first-order valence-corrected chi connectivity index (χ1v) is 10.2. The summed E-state index contributed by atoms with van der Waals surface area (Å²) in [5.41, 5.74) is 5.86. The molecule has 0 aliphatic heterocycles. The zero-order chi connectivity index (χ0) is 19.8. The van der Waals surface area contributed by atoms with E-state index >= 15 is 0 Å². The lowest BCUT2D eigenvalue weighted by molar-refractivity contribution is 0.507. The van der Waals surface area contributed by atoms with E-state index in [9.17, 15) is 4.39 Å². The molecule has 0 N–H and O–H groups in total. The van der Waals surface area contributed by atoms with Crippen LogP contribution in [-0.4, -0.2) is 19.6 Å². The van der Waals surface area contributed by atoms with Crippen LogP contribution in [0.1, 0.15) is 44.6 Å². The Labute approximate surface area is 169 Å². The average molecular weight is 386 g/mol. The predicted molar refractivity (Wildman–Crippen MR) is 114 cm³/mol. The van der Waals surface area contributed by atoms with E-state index in [0.29, 0.717) is 0 Å². The molecule has 1 aromatic carbocycles. The van der Waals surface area contributed by atoms with Crippen LogP contribution in [0.4, 0.5) is 4.39 Å². The maximum absolute atomic E-state index is 13.8. The van der Waals surface area contributed by atoms with Crippen molar-refractivity contribution in [1.82, 2.24) is 19.6 Å². The van der Waals surface area contributed by atoms with Gasteiger partial charge in [-0.2, -0.15) is 5.10 Å². The molecule has 1 saturated carbocycles. The summed E-state index contributed by atoms with van der Waals surface area (Å²) < 4.78 is 15.6. The quantitative estimate of drug-likeness (QED) is 0.393. The molecule has 0 amide bonds. The van der Waals surface area contributed by atoms with Gasteiger partial charge in [-0.3, -0.25) is 4.98 Å². The second-order valence-corrected chi connectivity index (χ2v) is 8.07. The van der Waals surface area contributed by atoms with Gasteiger partial charge in [0.25, 0.3) is 0 Å². The van der Waals surface area contributed by atoms with Crippen molar-refractivity contribution in [3.05, 3.63) is 66.0 Å². The number of fused-ring (bicyclic) bond motifs is 2. The van der Waals surface area contributed by atoms with Gasteiger partial charge in [-0.25, -0.2) is 13.9 Å². The first-order valence-electron chi connectivity index (χ1n) is 10.2. The topological polar surface area (TPSA) is 43.1 Å². The third-order valence-corrected chi connectivity index (χ3v) is 5.89. The van der Waals surface area contributed by atoms with Gasteiger partial charge in [0.15, 0.2) is 5.65 Å². The minimum absolute atomic E-state index is 0.275. The molecule has 1 unspecified atom stereocenters. The Morgan fingerprint density at radius 1 is 1.07 bits per heavy atom. The molecule has 29 heavy (non-hydrogen) atoms. The molecule has 3 aromatic heterocycles. The Hall–Kier alpha value is -3.08. The van der Waals surface area contributed by atoms with Crippen molar-refractivity contribution in [1.29, 1.82) is 0 Å². The van der Waals surface area contributed by atoms with Gasteiger partial charge in [0.2, 0.25) is 0 Å². The van der Waals surface area contributed by atoms with E-state index in [0.717, 1.165) is 45.6 Å². The summed E-state index contributed by atoms with van der Waals surface area (Å²) in [6.07, 6.45) is 15.9. The van der Waals surface area contributed by atoms with Crippen LogP contribution in [-0.2, 0) is 0 Å². The summed E-state index contributed by atoms with van der Waals surface area (Å²) in [5, 5.41) is 5.29. The SMILES string of the molecule is CC1CCCC(=Cc2cnc3c(-c4ccnc5ccc(F)cc45)cnn3c2)CC1. The van der Waals surface area contributed by atoms with E-state index in [-0.39, 0.29) is 5.82 Å². The Bertz CT molecular complexity index is 1220. The second-order valence-electron chi connectivity index (χ2n) is 8.07. The lowest BCUT2D eigenvalue weighted by atomic mass is 10.0. The van der Waals surface area contributed by atoms with E-state index < -0.39 is 0 Å². The van der Waals surface area contributed by atoms with Crippen molar-refractivity contribution in [2.24, 2.45) is 5.92 Å². The number of halogens is 1. The lowest BCUT2D eigenvalue weighted by Crippen LogP contribution is -1.93. The molecule has 4 nitrogen and oxygen atoms in total. The number of allylic oxidation sites excluding steroid dienone is 1.